The Balaban J connectivity index is 1.36. The number of furan rings is 1. The van der Waals surface area contributed by atoms with E-state index in [9.17, 15) is 19.7 Å². The molecule has 1 N–H and O–H groups in total. The molecule has 0 aliphatic carbocycles. The SMILES string of the molecule is CC(C)C(Oc1oc2ccccc2c1CCC(=O)c1ccccc1)C(=O)Nc1c2ccccc2nc2cccc([N+](=O)[O-])c12. The summed E-state index contributed by atoms with van der Waals surface area (Å²) >= 11 is 0. The van der Waals surface area contributed by atoms with E-state index < -0.39 is 16.9 Å². The molecule has 1 atom stereocenters. The van der Waals surface area contributed by atoms with Gasteiger partial charge in [0.05, 0.1) is 21.6 Å². The van der Waals surface area contributed by atoms with E-state index in [4.69, 9.17) is 9.15 Å². The second-order valence-electron chi connectivity index (χ2n) is 10.9. The Bertz CT molecular complexity index is 2030. The fourth-order valence-electron chi connectivity index (χ4n) is 5.42. The van der Waals surface area contributed by atoms with Crippen LogP contribution in [0.5, 0.6) is 5.95 Å². The van der Waals surface area contributed by atoms with E-state index in [0.29, 0.717) is 39.6 Å². The number of aryl methyl sites for hydroxylation is 1. The van der Waals surface area contributed by atoms with E-state index in [1.807, 2.05) is 62.4 Å². The average Bonchev–Trinajstić information content (AvgIpc) is 3.39. The van der Waals surface area contributed by atoms with E-state index in [2.05, 4.69) is 10.3 Å². The number of anilines is 1. The molecular formula is C35H29N3O6. The zero-order chi connectivity index (χ0) is 30.8. The van der Waals surface area contributed by atoms with Gasteiger partial charge >= 0.3 is 0 Å². The Morgan fingerprint density at radius 1 is 0.886 bits per heavy atom. The molecule has 6 rings (SSSR count). The van der Waals surface area contributed by atoms with Gasteiger partial charge in [-0.05, 0) is 30.5 Å². The van der Waals surface area contributed by atoms with Gasteiger partial charge in [0.2, 0.25) is 0 Å². The summed E-state index contributed by atoms with van der Waals surface area (Å²) in [6, 6.07) is 28.3. The molecule has 0 bridgehead atoms. The van der Waals surface area contributed by atoms with Gasteiger partial charge in [0, 0.05) is 34.4 Å². The van der Waals surface area contributed by atoms with Crippen LogP contribution in [-0.2, 0) is 11.2 Å². The van der Waals surface area contributed by atoms with Gasteiger partial charge in [0.15, 0.2) is 11.9 Å². The number of carbonyl (C=O) groups excluding carboxylic acids is 2. The molecule has 2 aromatic heterocycles. The lowest BCUT2D eigenvalue weighted by molar-refractivity contribution is -0.383. The van der Waals surface area contributed by atoms with Crippen molar-refractivity contribution in [2.75, 3.05) is 5.32 Å². The van der Waals surface area contributed by atoms with E-state index in [1.54, 1.807) is 42.5 Å². The van der Waals surface area contributed by atoms with Crippen LogP contribution in [0.25, 0.3) is 32.8 Å². The van der Waals surface area contributed by atoms with Crippen molar-refractivity contribution in [1.29, 1.82) is 0 Å². The smallest absolute Gasteiger partial charge is 0.289 e. The molecule has 44 heavy (non-hydrogen) atoms. The van der Waals surface area contributed by atoms with Gasteiger partial charge in [0.25, 0.3) is 17.5 Å². The fraction of sp³-hybridized carbons (Fsp3) is 0.171. The van der Waals surface area contributed by atoms with E-state index in [1.165, 1.54) is 6.07 Å². The number of carbonyl (C=O) groups is 2. The van der Waals surface area contributed by atoms with Gasteiger partial charge in [-0.2, -0.15) is 0 Å². The van der Waals surface area contributed by atoms with Gasteiger partial charge < -0.3 is 14.5 Å². The van der Waals surface area contributed by atoms with Crippen molar-refractivity contribution in [3.8, 4) is 5.95 Å². The lowest BCUT2D eigenvalue weighted by atomic mass is 10.0. The highest BCUT2D eigenvalue weighted by atomic mass is 16.6. The number of pyridine rings is 1. The van der Waals surface area contributed by atoms with Gasteiger partial charge in [-0.3, -0.25) is 19.7 Å². The summed E-state index contributed by atoms with van der Waals surface area (Å²) in [5, 5.41) is 16.5. The monoisotopic (exact) mass is 587 g/mol. The summed E-state index contributed by atoms with van der Waals surface area (Å²) in [7, 11) is 0. The first-order chi connectivity index (χ1) is 21.3. The number of nitro groups is 1. The van der Waals surface area contributed by atoms with Crippen molar-refractivity contribution >= 4 is 55.8 Å². The number of benzene rings is 4. The second-order valence-corrected chi connectivity index (χ2v) is 10.9. The maximum absolute atomic E-state index is 14.0. The summed E-state index contributed by atoms with van der Waals surface area (Å²) in [4.78, 5) is 43.0. The van der Waals surface area contributed by atoms with Crippen LogP contribution in [0.2, 0.25) is 0 Å². The Labute approximate surface area is 252 Å². The zero-order valence-corrected chi connectivity index (χ0v) is 24.2. The predicted molar refractivity (Wildman–Crippen MR) is 169 cm³/mol. The van der Waals surface area contributed by atoms with Crippen LogP contribution in [-0.4, -0.2) is 27.7 Å². The first-order valence-electron chi connectivity index (χ1n) is 14.3. The first kappa shape index (κ1) is 28.5. The molecule has 9 heteroatoms. The summed E-state index contributed by atoms with van der Waals surface area (Å²) in [5.41, 5.74) is 2.98. The molecule has 6 aromatic rings. The number of amides is 1. The molecule has 4 aromatic carbocycles. The maximum Gasteiger partial charge on any atom is 0.289 e. The van der Waals surface area contributed by atoms with E-state index in [0.717, 1.165) is 5.39 Å². The van der Waals surface area contributed by atoms with Crippen molar-refractivity contribution in [2.24, 2.45) is 5.92 Å². The van der Waals surface area contributed by atoms with Crippen LogP contribution in [0.3, 0.4) is 0 Å². The molecule has 0 radical (unpaired) electrons. The third kappa shape index (κ3) is 5.47. The van der Waals surface area contributed by atoms with Crippen LogP contribution in [0.1, 0.15) is 36.2 Å². The Morgan fingerprint density at radius 3 is 2.32 bits per heavy atom. The van der Waals surface area contributed by atoms with Crippen LogP contribution in [0.15, 0.2) is 101 Å². The number of ketones is 1. The molecule has 0 saturated heterocycles. The number of ether oxygens (including phenoxy) is 1. The molecule has 0 fully saturated rings. The fourth-order valence-corrected chi connectivity index (χ4v) is 5.42. The van der Waals surface area contributed by atoms with Crippen LogP contribution >= 0.6 is 0 Å². The Hall–Kier alpha value is -5.57. The number of nitrogens with zero attached hydrogens (tertiary/aromatic N) is 2. The Kier molecular flexibility index (Phi) is 7.76. The van der Waals surface area contributed by atoms with E-state index in [-0.39, 0.29) is 40.8 Å². The molecule has 0 aliphatic rings. The highest BCUT2D eigenvalue weighted by Crippen LogP contribution is 2.38. The lowest BCUT2D eigenvalue weighted by Gasteiger charge is -2.22. The van der Waals surface area contributed by atoms with Crippen molar-refractivity contribution in [3.05, 3.63) is 118 Å². The quantitative estimate of drug-likeness (QED) is 0.0747. The third-order valence-electron chi connectivity index (χ3n) is 7.59. The number of fused-ring (bicyclic) bond motifs is 3. The molecule has 0 aliphatic heterocycles. The predicted octanol–water partition coefficient (Wildman–Crippen LogP) is 7.90. The number of rotatable bonds is 10. The number of hydrogen-bond donors (Lipinski definition) is 1. The molecule has 1 amide bonds. The summed E-state index contributed by atoms with van der Waals surface area (Å²) in [6.45, 7) is 3.69. The number of hydrogen-bond acceptors (Lipinski definition) is 7. The van der Waals surface area contributed by atoms with E-state index >= 15 is 0 Å². The summed E-state index contributed by atoms with van der Waals surface area (Å²) in [5.74, 6) is -0.659. The van der Waals surface area contributed by atoms with Crippen LogP contribution in [0.4, 0.5) is 11.4 Å². The van der Waals surface area contributed by atoms with Crippen molar-refractivity contribution in [2.45, 2.75) is 32.8 Å². The molecule has 9 nitrogen and oxygen atoms in total. The number of Topliss-reactive ketones (excluding diaryl/α,β-unsaturated/α-hetero) is 1. The van der Waals surface area contributed by atoms with Gasteiger partial charge in [-0.15, -0.1) is 0 Å². The molecule has 0 spiro atoms. The number of nitrogens with one attached hydrogen (secondary N) is 1. The second kappa shape index (κ2) is 12.0. The van der Waals surface area contributed by atoms with Crippen molar-refractivity contribution in [1.82, 2.24) is 4.98 Å². The minimum Gasteiger partial charge on any atom is -0.451 e. The van der Waals surface area contributed by atoms with Crippen LogP contribution in [0, 0.1) is 16.0 Å². The lowest BCUT2D eigenvalue weighted by Crippen LogP contribution is -2.37. The summed E-state index contributed by atoms with van der Waals surface area (Å²) in [6.07, 6.45) is -0.455. The zero-order valence-electron chi connectivity index (χ0n) is 24.2. The molecule has 2 heterocycles. The summed E-state index contributed by atoms with van der Waals surface area (Å²) < 4.78 is 12.4. The van der Waals surface area contributed by atoms with Crippen LogP contribution < -0.4 is 10.1 Å². The minimum absolute atomic E-state index is 0.0157. The molecule has 0 saturated carbocycles. The largest absolute Gasteiger partial charge is 0.451 e. The van der Waals surface area contributed by atoms with Gasteiger partial charge in [-0.1, -0.05) is 86.6 Å². The molecular weight excluding hydrogens is 558 g/mol. The molecule has 220 valence electrons. The standard InChI is InChI=1S/C35H29N3O6/c1-21(2)33(34(40)37-32-25-14-6-8-15-26(25)36-27-16-10-17-28(31(27)32)38(41)42)44-35-24(23-13-7-9-18-30(23)43-35)19-20-29(39)22-11-4-3-5-12-22/h3-18,21,33H,19-20H2,1-2H3,(H,36,37,40). The van der Waals surface area contributed by atoms with Crippen molar-refractivity contribution in [3.63, 3.8) is 0 Å². The topological polar surface area (TPSA) is 125 Å². The number of aromatic nitrogens is 1. The Morgan fingerprint density at radius 2 is 1.57 bits per heavy atom. The first-order valence-corrected chi connectivity index (χ1v) is 14.3. The number of para-hydroxylation sites is 2. The minimum atomic E-state index is -1.02. The number of nitro benzene ring substituents is 1. The van der Waals surface area contributed by atoms with Crippen molar-refractivity contribution < 1.29 is 23.7 Å². The maximum atomic E-state index is 14.0. The highest BCUT2D eigenvalue weighted by molar-refractivity contribution is 6.16. The number of non-ortho nitro benzene ring substituents is 1. The van der Waals surface area contributed by atoms with Gasteiger partial charge in [-0.25, -0.2) is 4.98 Å². The average molecular weight is 588 g/mol. The van der Waals surface area contributed by atoms with Gasteiger partial charge in [0.1, 0.15) is 11.0 Å². The highest BCUT2D eigenvalue weighted by Gasteiger charge is 2.30. The molecule has 1 unspecified atom stereocenters. The third-order valence-corrected chi connectivity index (χ3v) is 7.59. The normalized spacial score (nSPS) is 12.1.